The zero-order chi connectivity index (χ0) is 60.2. The third-order valence-corrected chi connectivity index (χ3v) is 17.0. The van der Waals surface area contributed by atoms with Gasteiger partial charge in [-0.3, -0.25) is 19.4 Å². The minimum absolute atomic E-state index is 0.0175. The molecule has 0 spiro atoms. The minimum atomic E-state index is -0.422. The lowest BCUT2D eigenvalue weighted by Crippen LogP contribution is -2.42. The van der Waals surface area contributed by atoms with E-state index in [4.69, 9.17) is 9.47 Å². The van der Waals surface area contributed by atoms with Gasteiger partial charge in [-0.15, -0.1) is 0 Å². The smallest absolute Gasteiger partial charge is 0.307 e. The van der Waals surface area contributed by atoms with Crippen LogP contribution in [0.25, 0.3) is 0 Å². The Morgan fingerprint density at radius 1 is 0.293 bits per heavy atom. The van der Waals surface area contributed by atoms with Crippen LogP contribution in [-0.2, 0) is 19.1 Å². The van der Waals surface area contributed by atoms with Gasteiger partial charge in [0, 0.05) is 65.4 Å². The molecule has 4 atom stereocenters. The van der Waals surface area contributed by atoms with Gasteiger partial charge in [-0.2, -0.15) is 0 Å². The number of hydrogen-bond donors (Lipinski definition) is 4. The van der Waals surface area contributed by atoms with Crippen molar-refractivity contribution in [1.82, 2.24) is 19.6 Å². The average molecular weight is 1170 g/mol. The molecular formula is C70H142N4O8. The Bertz CT molecular complexity index is 1160. The molecule has 0 radical (unpaired) electrons. The Hall–Kier alpha value is -1.38. The third-order valence-electron chi connectivity index (χ3n) is 17.0. The van der Waals surface area contributed by atoms with Crippen molar-refractivity contribution in [2.45, 2.75) is 347 Å². The van der Waals surface area contributed by atoms with Crippen LogP contribution in [0.4, 0.5) is 0 Å². The second-order valence-electron chi connectivity index (χ2n) is 25.6. The van der Waals surface area contributed by atoms with Crippen LogP contribution in [0.5, 0.6) is 0 Å². The number of rotatable bonds is 67. The van der Waals surface area contributed by atoms with E-state index in [-0.39, 0.29) is 38.0 Å². The largest absolute Gasteiger partial charge is 0.462 e. The molecule has 0 saturated carbocycles. The Kier molecular flexibility index (Phi) is 61.6. The Labute approximate surface area is 509 Å². The van der Waals surface area contributed by atoms with Crippen LogP contribution in [0.3, 0.4) is 0 Å². The second kappa shape index (κ2) is 62.7. The van der Waals surface area contributed by atoms with Crippen LogP contribution in [0.15, 0.2) is 0 Å². The highest BCUT2D eigenvalue weighted by Crippen LogP contribution is 2.18. The van der Waals surface area contributed by atoms with Crippen molar-refractivity contribution in [1.29, 1.82) is 0 Å². The van der Waals surface area contributed by atoms with Crippen LogP contribution in [0.1, 0.15) is 323 Å². The van der Waals surface area contributed by atoms with E-state index < -0.39 is 24.4 Å². The summed E-state index contributed by atoms with van der Waals surface area (Å²) in [5.74, 6) is -0.657. The lowest BCUT2D eigenvalue weighted by atomic mass is 10.0. The number of aliphatic hydroxyl groups is 4. The summed E-state index contributed by atoms with van der Waals surface area (Å²) in [6, 6.07) is 0. The van der Waals surface area contributed by atoms with Crippen molar-refractivity contribution in [2.75, 3.05) is 92.8 Å². The summed E-state index contributed by atoms with van der Waals surface area (Å²) in [4.78, 5) is 34.1. The number of ether oxygens (including phenoxy) is 2. The summed E-state index contributed by atoms with van der Waals surface area (Å²) >= 11 is 0. The number of unbranched alkanes of at least 4 members (excludes halogenated alkanes) is 36. The molecule has 82 heavy (non-hydrogen) atoms. The number of carbonyl (C=O) groups excluding carboxylic acids is 2. The Morgan fingerprint density at radius 3 is 0.695 bits per heavy atom. The number of esters is 2. The van der Waals surface area contributed by atoms with E-state index in [1.807, 2.05) is 14.1 Å². The number of aliphatic hydroxyl groups excluding tert-OH is 4. The molecule has 0 aliphatic rings. The Morgan fingerprint density at radius 2 is 0.488 bits per heavy atom. The van der Waals surface area contributed by atoms with Gasteiger partial charge in [-0.25, -0.2) is 0 Å². The summed E-state index contributed by atoms with van der Waals surface area (Å²) in [6.07, 6.45) is 52.8. The predicted molar refractivity (Wildman–Crippen MR) is 349 cm³/mol. The van der Waals surface area contributed by atoms with Crippen LogP contribution < -0.4 is 0 Å². The highest BCUT2D eigenvalue weighted by Gasteiger charge is 2.19. The molecule has 0 aromatic rings. The Balaban J connectivity index is 4.82. The molecule has 0 aliphatic carbocycles. The molecule has 0 saturated heterocycles. The fourth-order valence-electron chi connectivity index (χ4n) is 11.4. The topological polar surface area (TPSA) is 146 Å². The maximum atomic E-state index is 12.7. The van der Waals surface area contributed by atoms with E-state index >= 15 is 0 Å². The number of likely N-dealkylation sites (N-methyl/N-ethyl adjacent to an activating group) is 2. The SMILES string of the molecule is CCCCCCCCCCCCC(O)CN(CCN(C)CCC(=O)OCCOC(=O)CCN(C)CCN(CC(O)CCCCCCCCCCCC)CC(O)CCCCCCCCCCCC)CC(O)CCCCCCCCCCCC. The fraction of sp³-hybridized carbons (Fsp3) is 0.971. The first-order chi connectivity index (χ1) is 39.9. The monoisotopic (exact) mass is 1170 g/mol. The number of hydrogen-bond acceptors (Lipinski definition) is 12. The summed E-state index contributed by atoms with van der Waals surface area (Å²) in [5.41, 5.74) is 0. The maximum absolute atomic E-state index is 12.7. The third kappa shape index (κ3) is 59.0. The van der Waals surface area contributed by atoms with Gasteiger partial charge < -0.3 is 39.7 Å². The predicted octanol–water partition coefficient (Wildman–Crippen LogP) is 16.0. The molecule has 12 nitrogen and oxygen atoms in total. The van der Waals surface area contributed by atoms with Gasteiger partial charge >= 0.3 is 11.9 Å². The van der Waals surface area contributed by atoms with Crippen molar-refractivity contribution in [3.63, 3.8) is 0 Å². The summed E-state index contributed by atoms with van der Waals surface area (Å²) in [7, 11) is 3.99. The van der Waals surface area contributed by atoms with Crippen LogP contribution in [0, 0.1) is 0 Å². The van der Waals surface area contributed by atoms with Crippen molar-refractivity contribution in [3.05, 3.63) is 0 Å². The van der Waals surface area contributed by atoms with Gasteiger partial charge in [0.1, 0.15) is 13.2 Å². The molecule has 0 rings (SSSR count). The normalized spacial score (nSPS) is 13.5. The van der Waals surface area contributed by atoms with Gasteiger partial charge in [0.25, 0.3) is 0 Å². The highest BCUT2D eigenvalue weighted by atomic mass is 16.6. The highest BCUT2D eigenvalue weighted by molar-refractivity contribution is 5.70. The minimum Gasteiger partial charge on any atom is -0.462 e. The summed E-state index contributed by atoms with van der Waals surface area (Å²) in [5, 5.41) is 44.4. The number of carbonyl (C=O) groups is 2. The van der Waals surface area contributed by atoms with Crippen molar-refractivity contribution >= 4 is 11.9 Å². The van der Waals surface area contributed by atoms with Crippen molar-refractivity contribution in [2.24, 2.45) is 0 Å². The standard InChI is InChI=1S/C70H142N4O8/c1-7-11-15-19-23-27-31-35-39-43-47-65(75)61-73(62-66(76)48-44-40-36-32-28-24-20-16-12-8-2)57-55-71(5)53-51-69(79)81-59-60-82-70(80)52-54-72(6)56-58-74(63-67(77)49-45-41-37-33-29-25-21-17-13-9-3)64-68(78)50-46-42-38-34-30-26-22-18-14-10-4/h65-68,75-78H,7-64H2,1-6H3. The van der Waals surface area contributed by atoms with Gasteiger partial charge in [0.05, 0.1) is 37.3 Å². The molecule has 0 aromatic carbocycles. The molecule has 0 fully saturated rings. The quantitative estimate of drug-likeness (QED) is 0.0340. The van der Waals surface area contributed by atoms with Crippen molar-refractivity contribution in [3.8, 4) is 0 Å². The zero-order valence-corrected chi connectivity index (χ0v) is 55.5. The van der Waals surface area contributed by atoms with E-state index in [2.05, 4.69) is 47.3 Å². The first-order valence-electron chi connectivity index (χ1n) is 35.8. The van der Waals surface area contributed by atoms with E-state index in [9.17, 15) is 30.0 Å². The fourth-order valence-corrected chi connectivity index (χ4v) is 11.4. The molecule has 0 amide bonds. The van der Waals surface area contributed by atoms with E-state index in [1.54, 1.807) is 0 Å². The van der Waals surface area contributed by atoms with E-state index in [0.717, 1.165) is 77.0 Å². The lowest BCUT2D eigenvalue weighted by molar-refractivity contribution is -0.152. The maximum Gasteiger partial charge on any atom is 0.307 e. The summed E-state index contributed by atoms with van der Waals surface area (Å²) in [6.45, 7) is 15.1. The molecule has 4 N–H and O–H groups in total. The molecule has 490 valence electrons. The molecule has 4 unspecified atom stereocenters. The lowest BCUT2D eigenvalue weighted by Gasteiger charge is -2.29. The van der Waals surface area contributed by atoms with Crippen LogP contribution >= 0.6 is 0 Å². The average Bonchev–Trinajstić information content (AvgIpc) is 3.45. The number of nitrogens with zero attached hydrogens (tertiary/aromatic N) is 4. The van der Waals surface area contributed by atoms with E-state index in [0.29, 0.717) is 65.4 Å². The molecule has 12 heteroatoms. The molecule has 0 heterocycles. The zero-order valence-electron chi connectivity index (χ0n) is 55.5. The van der Waals surface area contributed by atoms with Gasteiger partial charge in [-0.1, -0.05) is 285 Å². The first kappa shape index (κ1) is 80.6. The van der Waals surface area contributed by atoms with Crippen LogP contribution in [0.2, 0.25) is 0 Å². The molecule has 0 aromatic heterocycles. The molecule has 0 aliphatic heterocycles. The molecular weight excluding hydrogens is 1020 g/mol. The van der Waals surface area contributed by atoms with Gasteiger partial charge in [0.2, 0.25) is 0 Å². The van der Waals surface area contributed by atoms with Crippen LogP contribution in [-0.4, -0.2) is 169 Å². The van der Waals surface area contributed by atoms with Gasteiger partial charge in [-0.05, 0) is 39.8 Å². The molecule has 0 bridgehead atoms. The van der Waals surface area contributed by atoms with Crippen molar-refractivity contribution < 1.29 is 39.5 Å². The first-order valence-corrected chi connectivity index (χ1v) is 35.8. The second-order valence-corrected chi connectivity index (χ2v) is 25.6. The van der Waals surface area contributed by atoms with Gasteiger partial charge in [0.15, 0.2) is 0 Å². The summed E-state index contributed by atoms with van der Waals surface area (Å²) < 4.78 is 10.9. The van der Waals surface area contributed by atoms with E-state index in [1.165, 1.54) is 205 Å².